The van der Waals surface area contributed by atoms with Gasteiger partial charge in [0.05, 0.1) is 19.7 Å². The molecule has 0 saturated carbocycles. The van der Waals surface area contributed by atoms with E-state index in [4.69, 9.17) is 4.74 Å². The number of aryl methyl sites for hydroxylation is 1. The third kappa shape index (κ3) is 8.06. The lowest BCUT2D eigenvalue weighted by atomic mass is 10.1. The maximum absolute atomic E-state index is 12.3. The molecule has 0 aliphatic rings. The molecule has 0 radical (unpaired) electrons. The number of anilines is 2. The number of benzene rings is 2. The number of esters is 1. The summed E-state index contributed by atoms with van der Waals surface area (Å²) in [5, 5.41) is 5.68. The summed E-state index contributed by atoms with van der Waals surface area (Å²) in [5.74, 6) is -0.803. The van der Waals surface area contributed by atoms with Crippen molar-refractivity contribution in [1.82, 2.24) is 4.90 Å². The first-order valence-electron chi connectivity index (χ1n) is 10.1. The fourth-order valence-corrected chi connectivity index (χ4v) is 2.86. The lowest BCUT2D eigenvalue weighted by Crippen LogP contribution is -2.36. The zero-order valence-corrected chi connectivity index (χ0v) is 18.4. The van der Waals surface area contributed by atoms with Crippen LogP contribution in [0.3, 0.4) is 0 Å². The normalized spacial score (nSPS) is 10.9. The minimum absolute atomic E-state index is 0.0741. The van der Waals surface area contributed by atoms with Gasteiger partial charge in [0.2, 0.25) is 11.8 Å². The van der Waals surface area contributed by atoms with E-state index in [0.29, 0.717) is 12.3 Å². The minimum atomic E-state index is -0.399. The van der Waals surface area contributed by atoms with Gasteiger partial charge in [-0.3, -0.25) is 14.5 Å². The van der Waals surface area contributed by atoms with Gasteiger partial charge in [-0.15, -0.1) is 0 Å². The van der Waals surface area contributed by atoms with Crippen LogP contribution in [0.25, 0.3) is 6.08 Å². The Morgan fingerprint density at radius 3 is 2.26 bits per heavy atom. The van der Waals surface area contributed by atoms with Gasteiger partial charge in [0.25, 0.3) is 0 Å². The first-order chi connectivity index (χ1) is 14.8. The smallest absolute Gasteiger partial charge is 0.330 e. The van der Waals surface area contributed by atoms with E-state index < -0.39 is 5.97 Å². The number of ether oxygens (including phenoxy) is 1. The van der Waals surface area contributed by atoms with Crippen LogP contribution >= 0.6 is 0 Å². The van der Waals surface area contributed by atoms with Gasteiger partial charge in [-0.2, -0.15) is 0 Å². The van der Waals surface area contributed by atoms with E-state index in [1.54, 1.807) is 49.2 Å². The molecule has 0 aliphatic carbocycles. The van der Waals surface area contributed by atoms with E-state index in [-0.39, 0.29) is 24.9 Å². The van der Waals surface area contributed by atoms with Crippen molar-refractivity contribution in [1.29, 1.82) is 0 Å². The SMILES string of the molecule is CCOC(=O)/C=C/c1ccc(NC(=O)CN(C)CC(=O)Nc2cccc(C)c2C)cc1. The third-order valence-electron chi connectivity index (χ3n) is 4.60. The molecule has 2 N–H and O–H groups in total. The van der Waals surface area contributed by atoms with Gasteiger partial charge in [-0.25, -0.2) is 4.79 Å². The molecule has 0 aromatic heterocycles. The maximum atomic E-state index is 12.3. The largest absolute Gasteiger partial charge is 0.463 e. The predicted octanol–water partition coefficient (Wildman–Crippen LogP) is 3.39. The minimum Gasteiger partial charge on any atom is -0.463 e. The molecule has 31 heavy (non-hydrogen) atoms. The molecule has 0 bridgehead atoms. The fourth-order valence-electron chi connectivity index (χ4n) is 2.86. The van der Waals surface area contributed by atoms with Crippen molar-refractivity contribution in [3.63, 3.8) is 0 Å². The Morgan fingerprint density at radius 2 is 1.61 bits per heavy atom. The molecule has 0 heterocycles. The molecule has 2 rings (SSSR count). The standard InChI is InChI=1S/C24H29N3O4/c1-5-31-24(30)14-11-19-9-12-20(13-10-19)25-22(28)15-27(4)16-23(29)26-21-8-6-7-17(2)18(21)3/h6-14H,5,15-16H2,1-4H3,(H,25,28)(H,26,29)/b14-11+. The average Bonchev–Trinajstić information content (AvgIpc) is 2.71. The van der Waals surface area contributed by atoms with Gasteiger partial charge in [-0.05, 0) is 68.8 Å². The van der Waals surface area contributed by atoms with Crippen LogP contribution < -0.4 is 10.6 Å². The van der Waals surface area contributed by atoms with Crippen LogP contribution in [0.4, 0.5) is 11.4 Å². The van der Waals surface area contributed by atoms with Crippen molar-refractivity contribution < 1.29 is 19.1 Å². The van der Waals surface area contributed by atoms with Crippen molar-refractivity contribution in [2.24, 2.45) is 0 Å². The lowest BCUT2D eigenvalue weighted by molar-refractivity contribution is -0.137. The van der Waals surface area contributed by atoms with Crippen LogP contribution in [0, 0.1) is 13.8 Å². The highest BCUT2D eigenvalue weighted by Crippen LogP contribution is 2.17. The third-order valence-corrected chi connectivity index (χ3v) is 4.60. The molecule has 0 fully saturated rings. The molecule has 0 saturated heterocycles. The summed E-state index contributed by atoms with van der Waals surface area (Å²) >= 11 is 0. The molecule has 2 aromatic carbocycles. The van der Waals surface area contributed by atoms with Crippen LogP contribution in [0.2, 0.25) is 0 Å². The second-order valence-corrected chi connectivity index (χ2v) is 7.22. The highest BCUT2D eigenvalue weighted by atomic mass is 16.5. The Labute approximate surface area is 183 Å². The van der Waals surface area contributed by atoms with Crippen LogP contribution in [-0.4, -0.2) is 49.4 Å². The molecule has 7 heteroatoms. The second kappa shape index (κ2) is 11.7. The molecule has 2 aromatic rings. The van der Waals surface area contributed by atoms with E-state index in [1.807, 2.05) is 32.0 Å². The van der Waals surface area contributed by atoms with Gasteiger partial charge >= 0.3 is 5.97 Å². The Hall–Kier alpha value is -3.45. The second-order valence-electron chi connectivity index (χ2n) is 7.22. The topological polar surface area (TPSA) is 87.7 Å². The Morgan fingerprint density at radius 1 is 0.968 bits per heavy atom. The zero-order chi connectivity index (χ0) is 22.8. The van der Waals surface area contributed by atoms with E-state index in [0.717, 1.165) is 22.4 Å². The number of rotatable bonds is 9. The molecule has 2 amide bonds. The van der Waals surface area contributed by atoms with Crippen LogP contribution in [0.1, 0.15) is 23.6 Å². The molecule has 7 nitrogen and oxygen atoms in total. The van der Waals surface area contributed by atoms with Crippen LogP contribution in [0.15, 0.2) is 48.5 Å². The number of carbonyl (C=O) groups excluding carboxylic acids is 3. The van der Waals surface area contributed by atoms with Crippen molar-refractivity contribution in [2.75, 3.05) is 37.4 Å². The first kappa shape index (κ1) is 23.8. The van der Waals surface area contributed by atoms with Gasteiger partial charge in [0, 0.05) is 17.5 Å². The van der Waals surface area contributed by atoms with E-state index >= 15 is 0 Å². The van der Waals surface area contributed by atoms with Crippen molar-refractivity contribution in [3.8, 4) is 0 Å². The maximum Gasteiger partial charge on any atom is 0.330 e. The molecular weight excluding hydrogens is 394 g/mol. The van der Waals surface area contributed by atoms with Gasteiger partial charge in [-0.1, -0.05) is 24.3 Å². The number of amides is 2. The molecule has 164 valence electrons. The Balaban J connectivity index is 1.81. The number of nitrogens with one attached hydrogen (secondary N) is 2. The molecule has 0 atom stereocenters. The Bertz CT molecular complexity index is 952. The fraction of sp³-hybridized carbons (Fsp3) is 0.292. The number of nitrogens with zero attached hydrogens (tertiary/aromatic N) is 1. The quantitative estimate of drug-likeness (QED) is 0.477. The van der Waals surface area contributed by atoms with Gasteiger partial charge in [0.1, 0.15) is 0 Å². The van der Waals surface area contributed by atoms with E-state index in [1.165, 1.54) is 6.08 Å². The summed E-state index contributed by atoms with van der Waals surface area (Å²) in [6.45, 7) is 6.20. The highest BCUT2D eigenvalue weighted by Gasteiger charge is 2.12. The lowest BCUT2D eigenvalue weighted by Gasteiger charge is -2.17. The summed E-state index contributed by atoms with van der Waals surface area (Å²) in [7, 11) is 1.71. The predicted molar refractivity (Wildman–Crippen MR) is 123 cm³/mol. The number of likely N-dealkylation sites (N-methyl/N-ethyl adjacent to an activating group) is 1. The molecular formula is C24H29N3O4. The number of carbonyl (C=O) groups is 3. The average molecular weight is 424 g/mol. The van der Waals surface area contributed by atoms with Crippen molar-refractivity contribution in [2.45, 2.75) is 20.8 Å². The summed E-state index contributed by atoms with van der Waals surface area (Å²) in [4.78, 5) is 37.6. The van der Waals surface area contributed by atoms with Crippen molar-refractivity contribution in [3.05, 3.63) is 65.2 Å². The van der Waals surface area contributed by atoms with Gasteiger partial charge in [0.15, 0.2) is 0 Å². The van der Waals surface area contributed by atoms with Crippen LogP contribution in [-0.2, 0) is 19.1 Å². The molecule has 0 unspecified atom stereocenters. The highest BCUT2D eigenvalue weighted by molar-refractivity contribution is 5.95. The monoisotopic (exact) mass is 423 g/mol. The first-order valence-corrected chi connectivity index (χ1v) is 10.1. The summed E-state index contributed by atoms with van der Waals surface area (Å²) in [5.41, 5.74) is 4.35. The van der Waals surface area contributed by atoms with E-state index in [9.17, 15) is 14.4 Å². The number of hydrogen-bond donors (Lipinski definition) is 2. The zero-order valence-electron chi connectivity index (χ0n) is 18.4. The summed E-state index contributed by atoms with van der Waals surface area (Å²) < 4.78 is 4.83. The number of hydrogen-bond acceptors (Lipinski definition) is 5. The molecule has 0 spiro atoms. The summed E-state index contributed by atoms with van der Waals surface area (Å²) in [6, 6.07) is 12.8. The summed E-state index contributed by atoms with van der Waals surface area (Å²) in [6.07, 6.45) is 3.00. The van der Waals surface area contributed by atoms with Crippen molar-refractivity contribution >= 4 is 35.2 Å². The van der Waals surface area contributed by atoms with E-state index in [2.05, 4.69) is 10.6 Å². The Kier molecular flexibility index (Phi) is 8.96. The molecule has 0 aliphatic heterocycles. The van der Waals surface area contributed by atoms with Gasteiger partial charge < -0.3 is 15.4 Å². The van der Waals surface area contributed by atoms with Crippen LogP contribution in [0.5, 0.6) is 0 Å².